The van der Waals surface area contributed by atoms with Crippen molar-refractivity contribution in [1.29, 1.82) is 0 Å². The number of carbonyl (C=O) groups is 2. The van der Waals surface area contributed by atoms with Crippen LogP contribution >= 0.6 is 11.3 Å². The highest BCUT2D eigenvalue weighted by molar-refractivity contribution is 7.22. The molecule has 0 bridgehead atoms. The topological polar surface area (TPSA) is 95.6 Å². The van der Waals surface area contributed by atoms with E-state index in [1.54, 1.807) is 4.90 Å². The van der Waals surface area contributed by atoms with Gasteiger partial charge in [0.2, 0.25) is 5.91 Å². The number of aromatic nitrogens is 1. The minimum atomic E-state index is -0.122. The molecule has 0 saturated carbocycles. The summed E-state index contributed by atoms with van der Waals surface area (Å²) in [5.74, 6) is 0.0409. The molecule has 2 aliphatic rings. The van der Waals surface area contributed by atoms with E-state index in [9.17, 15) is 9.59 Å². The van der Waals surface area contributed by atoms with Crippen LogP contribution in [-0.4, -0.2) is 61.2 Å². The predicted octanol–water partition coefficient (Wildman–Crippen LogP) is 2.10. The number of ether oxygens (including phenoxy) is 1. The second-order valence-electron chi connectivity index (χ2n) is 6.74. The van der Waals surface area contributed by atoms with Crippen molar-refractivity contribution < 1.29 is 14.3 Å². The van der Waals surface area contributed by atoms with E-state index in [0.717, 1.165) is 41.8 Å². The highest BCUT2D eigenvalue weighted by Gasteiger charge is 2.22. The number of hydrogen-bond acceptors (Lipinski definition) is 6. The monoisotopic (exact) mass is 389 g/mol. The first kappa shape index (κ1) is 18.1. The number of fused-ring (bicyclic) bond motifs is 1. The summed E-state index contributed by atoms with van der Waals surface area (Å²) >= 11 is 1.41. The van der Waals surface area contributed by atoms with Crippen LogP contribution in [-0.2, 0) is 9.53 Å². The second kappa shape index (κ2) is 8.20. The van der Waals surface area contributed by atoms with Crippen molar-refractivity contribution in [3.05, 3.63) is 18.2 Å². The van der Waals surface area contributed by atoms with E-state index in [4.69, 9.17) is 4.74 Å². The van der Waals surface area contributed by atoms with Gasteiger partial charge in [0.25, 0.3) is 0 Å². The minimum Gasteiger partial charge on any atom is -0.381 e. The molecule has 3 amide bonds. The Morgan fingerprint density at radius 2 is 1.96 bits per heavy atom. The van der Waals surface area contributed by atoms with Crippen LogP contribution < -0.4 is 16.0 Å². The molecule has 1 aromatic heterocycles. The van der Waals surface area contributed by atoms with Crippen molar-refractivity contribution in [2.24, 2.45) is 5.92 Å². The fourth-order valence-corrected chi connectivity index (χ4v) is 4.19. The Kier molecular flexibility index (Phi) is 5.51. The van der Waals surface area contributed by atoms with Crippen molar-refractivity contribution in [3.8, 4) is 0 Å². The average Bonchev–Trinajstić information content (AvgIpc) is 3.10. The Hall–Kier alpha value is -2.23. The Labute approximate surface area is 161 Å². The summed E-state index contributed by atoms with van der Waals surface area (Å²) in [5, 5.41) is 9.66. The van der Waals surface area contributed by atoms with Crippen molar-refractivity contribution >= 4 is 44.3 Å². The number of anilines is 2. The van der Waals surface area contributed by atoms with Gasteiger partial charge in [-0.05, 0) is 31.0 Å². The minimum absolute atomic E-state index is 0.00443. The average molecular weight is 389 g/mol. The van der Waals surface area contributed by atoms with Crippen LogP contribution in [0, 0.1) is 5.92 Å². The molecule has 0 atom stereocenters. The molecule has 3 heterocycles. The highest BCUT2D eigenvalue weighted by atomic mass is 32.1. The first-order valence-electron chi connectivity index (χ1n) is 9.25. The maximum atomic E-state index is 12.4. The van der Waals surface area contributed by atoms with E-state index >= 15 is 0 Å². The molecule has 144 valence electrons. The van der Waals surface area contributed by atoms with E-state index in [-0.39, 0.29) is 17.9 Å². The molecule has 27 heavy (non-hydrogen) atoms. The van der Waals surface area contributed by atoms with Gasteiger partial charge in [-0.1, -0.05) is 11.3 Å². The third-order valence-electron chi connectivity index (χ3n) is 4.87. The number of nitrogens with zero attached hydrogens (tertiary/aromatic N) is 2. The van der Waals surface area contributed by atoms with E-state index in [2.05, 4.69) is 20.9 Å². The molecule has 0 aliphatic carbocycles. The van der Waals surface area contributed by atoms with Gasteiger partial charge in [-0.25, -0.2) is 9.78 Å². The van der Waals surface area contributed by atoms with E-state index < -0.39 is 0 Å². The lowest BCUT2D eigenvalue weighted by Gasteiger charge is -2.26. The van der Waals surface area contributed by atoms with Gasteiger partial charge in [0, 0.05) is 51.0 Å². The number of amides is 3. The molecule has 2 fully saturated rings. The molecular weight excluding hydrogens is 366 g/mol. The van der Waals surface area contributed by atoms with E-state index in [1.165, 1.54) is 11.3 Å². The van der Waals surface area contributed by atoms with Gasteiger partial charge >= 0.3 is 6.03 Å². The largest absolute Gasteiger partial charge is 0.381 e. The van der Waals surface area contributed by atoms with Crippen molar-refractivity contribution in [1.82, 2.24) is 15.2 Å². The SMILES string of the molecule is O=C(Nc1ccc2nc(NC(=O)N3CCNCC3)sc2c1)C1CCOCC1. The molecule has 2 aliphatic heterocycles. The third kappa shape index (κ3) is 4.37. The van der Waals surface area contributed by atoms with Crippen LogP contribution in [0.15, 0.2) is 18.2 Å². The number of hydrogen-bond donors (Lipinski definition) is 3. The van der Waals surface area contributed by atoms with Crippen LogP contribution in [0.25, 0.3) is 10.2 Å². The lowest BCUT2D eigenvalue weighted by molar-refractivity contribution is -0.122. The maximum Gasteiger partial charge on any atom is 0.323 e. The zero-order valence-electron chi connectivity index (χ0n) is 15.0. The van der Waals surface area contributed by atoms with Gasteiger partial charge < -0.3 is 20.3 Å². The fourth-order valence-electron chi connectivity index (χ4n) is 3.30. The van der Waals surface area contributed by atoms with E-state index in [0.29, 0.717) is 31.4 Å². The first-order valence-corrected chi connectivity index (χ1v) is 10.1. The molecule has 4 rings (SSSR count). The third-order valence-corrected chi connectivity index (χ3v) is 5.80. The van der Waals surface area contributed by atoms with Gasteiger partial charge in [-0.15, -0.1) is 0 Å². The summed E-state index contributed by atoms with van der Waals surface area (Å²) in [6.45, 7) is 4.29. The normalized spacial score (nSPS) is 18.4. The van der Waals surface area contributed by atoms with Crippen LogP contribution in [0.3, 0.4) is 0 Å². The first-order chi connectivity index (χ1) is 13.2. The number of thiazole rings is 1. The van der Waals surface area contributed by atoms with Gasteiger partial charge in [0.05, 0.1) is 10.2 Å². The molecule has 0 spiro atoms. The molecular formula is C18H23N5O3S. The summed E-state index contributed by atoms with van der Waals surface area (Å²) in [6, 6.07) is 5.50. The second-order valence-corrected chi connectivity index (χ2v) is 7.78. The molecule has 2 aromatic rings. The summed E-state index contributed by atoms with van der Waals surface area (Å²) < 4.78 is 6.23. The smallest absolute Gasteiger partial charge is 0.323 e. The number of benzene rings is 1. The summed E-state index contributed by atoms with van der Waals surface area (Å²) in [5.41, 5.74) is 1.56. The Morgan fingerprint density at radius 1 is 1.19 bits per heavy atom. The summed E-state index contributed by atoms with van der Waals surface area (Å²) in [6.07, 6.45) is 1.52. The van der Waals surface area contributed by atoms with Crippen LogP contribution in [0.4, 0.5) is 15.6 Å². The maximum absolute atomic E-state index is 12.4. The van der Waals surface area contributed by atoms with E-state index in [1.807, 2.05) is 18.2 Å². The van der Waals surface area contributed by atoms with Gasteiger partial charge in [-0.3, -0.25) is 10.1 Å². The van der Waals surface area contributed by atoms with Gasteiger partial charge in [-0.2, -0.15) is 0 Å². The van der Waals surface area contributed by atoms with Gasteiger partial charge in [0.1, 0.15) is 0 Å². The predicted molar refractivity (Wildman–Crippen MR) is 105 cm³/mol. The molecule has 0 radical (unpaired) electrons. The lowest BCUT2D eigenvalue weighted by atomic mass is 9.99. The van der Waals surface area contributed by atoms with Crippen LogP contribution in [0.1, 0.15) is 12.8 Å². The number of piperazine rings is 1. The molecule has 8 nitrogen and oxygen atoms in total. The Balaban J connectivity index is 1.42. The highest BCUT2D eigenvalue weighted by Crippen LogP contribution is 2.29. The quantitative estimate of drug-likeness (QED) is 0.747. The standard InChI is InChI=1S/C18H23N5O3S/c24-16(12-3-9-26-10-4-12)20-13-1-2-14-15(11-13)27-17(21-14)22-18(25)23-7-5-19-6-8-23/h1-2,11-12,19H,3-10H2,(H,20,24)(H,21,22,25). The number of nitrogens with one attached hydrogen (secondary N) is 3. The molecule has 9 heteroatoms. The van der Waals surface area contributed by atoms with Crippen molar-refractivity contribution in [2.45, 2.75) is 12.8 Å². The molecule has 0 unspecified atom stereocenters. The number of carbonyl (C=O) groups excluding carboxylic acids is 2. The van der Waals surface area contributed by atoms with Crippen molar-refractivity contribution in [3.63, 3.8) is 0 Å². The molecule has 2 saturated heterocycles. The Bertz CT molecular complexity index is 798. The number of urea groups is 1. The Morgan fingerprint density at radius 3 is 2.74 bits per heavy atom. The summed E-state index contributed by atoms with van der Waals surface area (Å²) in [7, 11) is 0. The zero-order valence-corrected chi connectivity index (χ0v) is 15.8. The van der Waals surface area contributed by atoms with Crippen LogP contribution in [0.2, 0.25) is 0 Å². The lowest BCUT2D eigenvalue weighted by Crippen LogP contribution is -2.48. The number of rotatable bonds is 3. The zero-order chi connectivity index (χ0) is 18.6. The van der Waals surface area contributed by atoms with Gasteiger partial charge in [0.15, 0.2) is 5.13 Å². The molecule has 1 aromatic carbocycles. The van der Waals surface area contributed by atoms with Crippen molar-refractivity contribution in [2.75, 3.05) is 50.0 Å². The fraction of sp³-hybridized carbons (Fsp3) is 0.500. The summed E-state index contributed by atoms with van der Waals surface area (Å²) in [4.78, 5) is 31.0. The van der Waals surface area contributed by atoms with Crippen LogP contribution in [0.5, 0.6) is 0 Å². The molecule has 3 N–H and O–H groups in total.